The van der Waals surface area contributed by atoms with Crippen LogP contribution in [0.3, 0.4) is 0 Å². The summed E-state index contributed by atoms with van der Waals surface area (Å²) in [6.45, 7) is 1.98. The van der Waals surface area contributed by atoms with E-state index in [4.69, 9.17) is 16.3 Å². The van der Waals surface area contributed by atoms with Crippen LogP contribution in [0, 0.1) is 0 Å². The van der Waals surface area contributed by atoms with Gasteiger partial charge in [0.1, 0.15) is 18.0 Å². The van der Waals surface area contributed by atoms with Crippen molar-refractivity contribution >= 4 is 27.5 Å². The molecule has 0 radical (unpaired) electrons. The largest absolute Gasteiger partial charge is 0.486 e. The molecule has 1 aromatic carbocycles. The van der Waals surface area contributed by atoms with Gasteiger partial charge in [-0.15, -0.1) is 0 Å². The molecular weight excluding hydrogens is 267 g/mol. The average Bonchev–Trinajstić information content (AvgIpc) is 2.44. The van der Waals surface area contributed by atoms with Gasteiger partial charge in [0.15, 0.2) is 0 Å². The lowest BCUT2D eigenvalue weighted by Gasteiger charge is -2.10. The van der Waals surface area contributed by atoms with Crippen LogP contribution in [-0.4, -0.2) is 11.2 Å². The quantitative estimate of drug-likeness (QED) is 0.853. The van der Waals surface area contributed by atoms with E-state index < -0.39 is 6.10 Å². The first-order valence-electron chi connectivity index (χ1n) is 4.47. The number of hydrogen-bond acceptors (Lipinski definition) is 2. The molecule has 2 nitrogen and oxygen atoms in total. The number of rotatable bonds is 1. The van der Waals surface area contributed by atoms with E-state index in [9.17, 15) is 5.11 Å². The average molecular weight is 278 g/mol. The number of aliphatic hydroxyl groups excluding tert-OH is 1. The molecule has 0 spiro atoms. The van der Waals surface area contributed by atoms with Crippen molar-refractivity contribution < 1.29 is 9.84 Å². The fourth-order valence-electron chi connectivity index (χ4n) is 1.65. The molecule has 0 bridgehead atoms. The first-order chi connectivity index (χ1) is 6.63. The molecule has 2 unspecified atom stereocenters. The van der Waals surface area contributed by atoms with Crippen molar-refractivity contribution in [1.82, 2.24) is 0 Å². The highest BCUT2D eigenvalue weighted by atomic mass is 79.9. The van der Waals surface area contributed by atoms with Gasteiger partial charge in [-0.25, -0.2) is 0 Å². The predicted octanol–water partition coefficient (Wildman–Crippen LogP) is 3.31. The van der Waals surface area contributed by atoms with E-state index in [1.807, 2.05) is 6.92 Å². The number of benzene rings is 1. The van der Waals surface area contributed by atoms with E-state index in [1.165, 1.54) is 0 Å². The van der Waals surface area contributed by atoms with Crippen molar-refractivity contribution in [1.29, 1.82) is 0 Å². The van der Waals surface area contributed by atoms with Gasteiger partial charge in [-0.3, -0.25) is 0 Å². The van der Waals surface area contributed by atoms with Gasteiger partial charge in [-0.2, -0.15) is 0 Å². The molecular formula is C10H10BrClO2. The summed E-state index contributed by atoms with van der Waals surface area (Å²) in [5.74, 6) is 0.716. The number of ether oxygens (including phenoxy) is 1. The molecule has 1 aliphatic heterocycles. The van der Waals surface area contributed by atoms with Gasteiger partial charge >= 0.3 is 0 Å². The van der Waals surface area contributed by atoms with Gasteiger partial charge in [0, 0.05) is 10.6 Å². The van der Waals surface area contributed by atoms with Crippen LogP contribution >= 0.6 is 27.5 Å². The van der Waals surface area contributed by atoms with Crippen LogP contribution in [0.5, 0.6) is 5.75 Å². The lowest BCUT2D eigenvalue weighted by Crippen LogP contribution is -2.16. The van der Waals surface area contributed by atoms with E-state index >= 15 is 0 Å². The summed E-state index contributed by atoms with van der Waals surface area (Å²) in [5.41, 5.74) is 0.774. The molecule has 4 heteroatoms. The summed E-state index contributed by atoms with van der Waals surface area (Å²) in [6, 6.07) is 3.52. The van der Waals surface area contributed by atoms with Crippen LogP contribution in [0.15, 0.2) is 16.6 Å². The first-order valence-corrected chi connectivity index (χ1v) is 5.64. The third-order valence-electron chi connectivity index (χ3n) is 2.38. The van der Waals surface area contributed by atoms with E-state index in [0.717, 1.165) is 16.5 Å². The second kappa shape index (κ2) is 3.72. The number of fused-ring (bicyclic) bond motifs is 1. The third kappa shape index (κ3) is 1.53. The SMILES string of the molecule is CCC1Oc2c(Br)cc(Cl)cc2C1O. The minimum atomic E-state index is -0.565. The second-order valence-electron chi connectivity index (χ2n) is 3.32. The van der Waals surface area contributed by atoms with Crippen molar-refractivity contribution in [3.8, 4) is 5.75 Å². The molecule has 0 amide bonds. The Labute approximate surface area is 96.0 Å². The Morgan fingerprint density at radius 3 is 2.93 bits per heavy atom. The van der Waals surface area contributed by atoms with Gasteiger partial charge in [0.2, 0.25) is 0 Å². The van der Waals surface area contributed by atoms with Gasteiger partial charge in [-0.05, 0) is 34.5 Å². The van der Waals surface area contributed by atoms with E-state index in [0.29, 0.717) is 10.8 Å². The molecule has 1 aliphatic rings. The molecule has 0 saturated heterocycles. The zero-order valence-electron chi connectivity index (χ0n) is 7.63. The van der Waals surface area contributed by atoms with Crippen LogP contribution in [0.2, 0.25) is 5.02 Å². The lowest BCUT2D eigenvalue weighted by molar-refractivity contribution is 0.0651. The summed E-state index contributed by atoms with van der Waals surface area (Å²) in [6.07, 6.45) is 0.0599. The van der Waals surface area contributed by atoms with E-state index in [1.54, 1.807) is 12.1 Å². The van der Waals surface area contributed by atoms with Gasteiger partial charge < -0.3 is 9.84 Å². The smallest absolute Gasteiger partial charge is 0.140 e. The minimum absolute atomic E-state index is 0.153. The first kappa shape index (κ1) is 10.3. The molecule has 0 fully saturated rings. The third-order valence-corrected chi connectivity index (χ3v) is 3.19. The Morgan fingerprint density at radius 2 is 2.29 bits per heavy atom. The van der Waals surface area contributed by atoms with Crippen molar-refractivity contribution in [3.05, 3.63) is 27.2 Å². The fraction of sp³-hybridized carbons (Fsp3) is 0.400. The Bertz CT molecular complexity index is 367. The number of hydrogen-bond donors (Lipinski definition) is 1. The molecule has 0 aromatic heterocycles. The standard InChI is InChI=1S/C10H10BrClO2/c1-2-8-9(13)6-3-5(12)4-7(11)10(6)14-8/h3-4,8-9,13H,2H2,1H3. The van der Waals surface area contributed by atoms with Crippen LogP contribution in [-0.2, 0) is 0 Å². The molecule has 14 heavy (non-hydrogen) atoms. The van der Waals surface area contributed by atoms with Crippen molar-refractivity contribution in [2.24, 2.45) is 0 Å². The predicted molar refractivity (Wildman–Crippen MR) is 58.8 cm³/mol. The topological polar surface area (TPSA) is 29.5 Å². The fourth-order valence-corrected chi connectivity index (χ4v) is 2.57. The van der Waals surface area contributed by atoms with Crippen LogP contribution in [0.1, 0.15) is 25.0 Å². The van der Waals surface area contributed by atoms with Crippen LogP contribution < -0.4 is 4.74 Å². The lowest BCUT2D eigenvalue weighted by atomic mass is 10.1. The number of halogens is 2. The zero-order chi connectivity index (χ0) is 10.3. The molecule has 0 aliphatic carbocycles. The van der Waals surface area contributed by atoms with E-state index in [2.05, 4.69) is 15.9 Å². The molecule has 2 rings (SSSR count). The monoisotopic (exact) mass is 276 g/mol. The maximum absolute atomic E-state index is 9.89. The van der Waals surface area contributed by atoms with Crippen molar-refractivity contribution in [2.45, 2.75) is 25.6 Å². The highest BCUT2D eigenvalue weighted by Gasteiger charge is 2.33. The van der Waals surface area contributed by atoms with Gasteiger partial charge in [0.25, 0.3) is 0 Å². The van der Waals surface area contributed by atoms with Crippen molar-refractivity contribution in [3.63, 3.8) is 0 Å². The summed E-state index contributed by atoms with van der Waals surface area (Å²) >= 11 is 9.25. The number of aliphatic hydroxyl groups is 1. The molecule has 76 valence electrons. The molecule has 1 aromatic rings. The van der Waals surface area contributed by atoms with Crippen LogP contribution in [0.25, 0.3) is 0 Å². The Hall–Kier alpha value is -0.250. The second-order valence-corrected chi connectivity index (χ2v) is 4.61. The summed E-state index contributed by atoms with van der Waals surface area (Å²) in [7, 11) is 0. The molecule has 1 N–H and O–H groups in total. The minimum Gasteiger partial charge on any atom is -0.486 e. The zero-order valence-corrected chi connectivity index (χ0v) is 9.97. The Kier molecular flexibility index (Phi) is 2.73. The summed E-state index contributed by atoms with van der Waals surface area (Å²) in [5, 5.41) is 10.5. The normalized spacial score (nSPS) is 24.6. The van der Waals surface area contributed by atoms with Gasteiger partial charge in [-0.1, -0.05) is 18.5 Å². The molecule has 1 heterocycles. The highest BCUT2D eigenvalue weighted by Crippen LogP contribution is 2.44. The van der Waals surface area contributed by atoms with Gasteiger partial charge in [0.05, 0.1) is 4.47 Å². The maximum Gasteiger partial charge on any atom is 0.140 e. The Balaban J connectivity index is 2.48. The highest BCUT2D eigenvalue weighted by molar-refractivity contribution is 9.10. The van der Waals surface area contributed by atoms with Crippen molar-refractivity contribution in [2.75, 3.05) is 0 Å². The maximum atomic E-state index is 9.89. The van der Waals surface area contributed by atoms with E-state index in [-0.39, 0.29) is 6.10 Å². The van der Waals surface area contributed by atoms with Crippen LogP contribution in [0.4, 0.5) is 0 Å². The molecule has 2 atom stereocenters. The summed E-state index contributed by atoms with van der Waals surface area (Å²) < 4.78 is 6.40. The molecule has 0 saturated carbocycles. The summed E-state index contributed by atoms with van der Waals surface area (Å²) in [4.78, 5) is 0. The Morgan fingerprint density at radius 1 is 1.57 bits per heavy atom.